The molecule has 5 rings (SSSR count). The number of rotatable bonds is 5. The Bertz CT molecular complexity index is 1480. The van der Waals surface area contributed by atoms with E-state index in [0.717, 1.165) is 29.6 Å². The first-order valence-electron chi connectivity index (χ1n) is 12.2. The summed E-state index contributed by atoms with van der Waals surface area (Å²) in [7, 11) is 0. The molecule has 35 heavy (non-hydrogen) atoms. The molecule has 0 saturated carbocycles. The number of halogens is 1. The van der Waals surface area contributed by atoms with Crippen molar-refractivity contribution >= 4 is 50.4 Å². The number of fused-ring (bicyclic) bond motifs is 6. The third-order valence-corrected chi connectivity index (χ3v) is 6.68. The van der Waals surface area contributed by atoms with Gasteiger partial charge in [-0.2, -0.15) is 0 Å². The summed E-state index contributed by atoms with van der Waals surface area (Å²) < 4.78 is 2.38. The third kappa shape index (κ3) is 4.96. The number of pyridine rings is 1. The first kappa shape index (κ1) is 27.5. The van der Waals surface area contributed by atoms with Crippen LogP contribution in [0.4, 0.5) is 0 Å². The van der Waals surface area contributed by atoms with Crippen molar-refractivity contribution in [2.24, 2.45) is 11.8 Å². The second-order valence-electron chi connectivity index (χ2n) is 10.4. The van der Waals surface area contributed by atoms with Crippen molar-refractivity contribution in [1.29, 1.82) is 0 Å². The molecule has 0 amide bonds. The summed E-state index contributed by atoms with van der Waals surface area (Å²) in [5.74, 6) is 1.23. The van der Waals surface area contributed by atoms with E-state index in [1.165, 1.54) is 44.1 Å². The first-order valence-corrected chi connectivity index (χ1v) is 12.2. The topological polar surface area (TPSA) is 17.3 Å². The van der Waals surface area contributed by atoms with Crippen LogP contribution in [0.15, 0.2) is 54.7 Å². The summed E-state index contributed by atoms with van der Waals surface area (Å²) in [5.41, 5.74) is 10.2. The molecule has 4 heteroatoms. The minimum absolute atomic E-state index is 0. The van der Waals surface area contributed by atoms with E-state index in [-0.39, 0.29) is 35.5 Å². The molecule has 0 unspecified atom stereocenters. The van der Waals surface area contributed by atoms with E-state index in [9.17, 15) is 0 Å². The molecule has 5 aromatic rings. The van der Waals surface area contributed by atoms with Crippen LogP contribution >= 0.6 is 0 Å². The van der Waals surface area contributed by atoms with Crippen molar-refractivity contribution < 1.29 is 12.4 Å². The summed E-state index contributed by atoms with van der Waals surface area (Å²) >= 11 is 0. The molecule has 3 aromatic carbocycles. The molecule has 0 aliphatic carbocycles. The standard InChI is InChI=1S/C31H33N2.ClH.Mg/c1-19(2)14-23-16-27-25-12-7-8-13-26(25)31-32-18-29(30-21(5)10-9-11-22(30)6)33(31)28(27)17-24(23)15-20(3)4;;/h7-12,16-20H,14-15H2,1-6H3;1H;/q-1;;+2/p-1. The zero-order valence-electron chi connectivity index (χ0n) is 21.7. The van der Waals surface area contributed by atoms with Crippen LogP contribution in [0.5, 0.6) is 0 Å². The van der Waals surface area contributed by atoms with E-state index in [4.69, 9.17) is 4.98 Å². The van der Waals surface area contributed by atoms with Gasteiger partial charge in [-0.1, -0.05) is 57.3 Å². The van der Waals surface area contributed by atoms with Crippen LogP contribution < -0.4 is 12.4 Å². The minimum Gasteiger partial charge on any atom is -1.00 e. The van der Waals surface area contributed by atoms with Crippen molar-refractivity contribution in [2.75, 3.05) is 0 Å². The molecule has 0 spiro atoms. The van der Waals surface area contributed by atoms with Crippen LogP contribution in [0, 0.1) is 31.7 Å². The second-order valence-corrected chi connectivity index (χ2v) is 10.4. The van der Waals surface area contributed by atoms with Crippen LogP contribution in [0.2, 0.25) is 0 Å². The van der Waals surface area contributed by atoms with Gasteiger partial charge in [0, 0.05) is 17.3 Å². The number of hydrogen-bond donors (Lipinski definition) is 0. The summed E-state index contributed by atoms with van der Waals surface area (Å²) in [5, 5.41) is 3.62. The molecule has 2 nitrogen and oxygen atoms in total. The Labute approximate surface area is 231 Å². The van der Waals surface area contributed by atoms with Gasteiger partial charge in [0.15, 0.2) is 0 Å². The number of benzene rings is 3. The number of aryl methyl sites for hydroxylation is 2. The molecule has 176 valence electrons. The monoisotopic (exact) mass is 492 g/mol. The fourth-order valence-corrected chi connectivity index (χ4v) is 5.35. The zero-order chi connectivity index (χ0) is 23.3. The molecular formula is C31H33ClMgN2. The van der Waals surface area contributed by atoms with Gasteiger partial charge in [0.2, 0.25) is 0 Å². The maximum Gasteiger partial charge on any atom is 2.00 e. The van der Waals surface area contributed by atoms with Gasteiger partial charge in [-0.15, -0.1) is 29.7 Å². The largest absolute Gasteiger partial charge is 2.00 e. The SMILES string of the molecule is Cc1cccc(C)c1-c1cnc2c3[c-]cccc3c3cc(CC(C)C)c(CC(C)C)cc3n12.[Cl-].[Mg+2]. The fourth-order valence-electron chi connectivity index (χ4n) is 5.35. The average Bonchev–Trinajstić information content (AvgIpc) is 3.19. The summed E-state index contributed by atoms with van der Waals surface area (Å²) in [6.07, 6.45) is 4.24. The quantitative estimate of drug-likeness (QED) is 0.196. The molecular weight excluding hydrogens is 460 g/mol. The van der Waals surface area contributed by atoms with Gasteiger partial charge in [-0.05, 0) is 72.2 Å². The number of aromatic nitrogens is 2. The Morgan fingerprint density at radius 3 is 2.11 bits per heavy atom. The van der Waals surface area contributed by atoms with Crippen LogP contribution in [0.1, 0.15) is 49.9 Å². The predicted molar refractivity (Wildman–Crippen MR) is 147 cm³/mol. The summed E-state index contributed by atoms with van der Waals surface area (Å²) in [4.78, 5) is 4.95. The maximum atomic E-state index is 4.95. The molecule has 2 aromatic heterocycles. The van der Waals surface area contributed by atoms with Gasteiger partial charge in [-0.25, -0.2) is 0 Å². The van der Waals surface area contributed by atoms with E-state index < -0.39 is 0 Å². The third-order valence-electron chi connectivity index (χ3n) is 6.68. The molecule has 0 radical (unpaired) electrons. The Morgan fingerprint density at radius 1 is 0.857 bits per heavy atom. The minimum atomic E-state index is 0. The van der Waals surface area contributed by atoms with Crippen molar-refractivity contribution in [2.45, 2.75) is 54.4 Å². The van der Waals surface area contributed by atoms with Gasteiger partial charge in [0.05, 0.1) is 11.3 Å². The summed E-state index contributed by atoms with van der Waals surface area (Å²) in [6.45, 7) is 13.6. The van der Waals surface area contributed by atoms with Crippen molar-refractivity contribution in [3.8, 4) is 11.3 Å². The molecule has 0 atom stereocenters. The van der Waals surface area contributed by atoms with Gasteiger partial charge < -0.3 is 16.8 Å². The van der Waals surface area contributed by atoms with Crippen molar-refractivity contribution in [1.82, 2.24) is 9.38 Å². The predicted octanol–water partition coefficient (Wildman–Crippen LogP) is 4.74. The Balaban J connectivity index is 0.00000171. The van der Waals surface area contributed by atoms with Crippen LogP contribution in [0.3, 0.4) is 0 Å². The van der Waals surface area contributed by atoms with Gasteiger partial charge in [0.1, 0.15) is 0 Å². The van der Waals surface area contributed by atoms with E-state index in [1.54, 1.807) is 0 Å². The van der Waals surface area contributed by atoms with Gasteiger partial charge in [-0.3, -0.25) is 4.98 Å². The molecule has 2 heterocycles. The van der Waals surface area contributed by atoms with Crippen molar-refractivity contribution in [3.63, 3.8) is 0 Å². The molecule has 0 saturated heterocycles. The fraction of sp³-hybridized carbons (Fsp3) is 0.323. The molecule has 0 fully saturated rings. The summed E-state index contributed by atoms with van der Waals surface area (Å²) in [6, 6.07) is 21.3. The Morgan fingerprint density at radius 2 is 1.49 bits per heavy atom. The zero-order valence-corrected chi connectivity index (χ0v) is 23.9. The second kappa shape index (κ2) is 10.9. The van der Waals surface area contributed by atoms with Crippen LogP contribution in [-0.2, 0) is 12.8 Å². The van der Waals surface area contributed by atoms with E-state index >= 15 is 0 Å². The van der Waals surface area contributed by atoms with Crippen LogP contribution in [-0.4, -0.2) is 32.4 Å². The first-order chi connectivity index (χ1) is 15.8. The Kier molecular flexibility index (Phi) is 8.57. The molecule has 0 bridgehead atoms. The average molecular weight is 493 g/mol. The van der Waals surface area contributed by atoms with E-state index in [1.807, 2.05) is 6.07 Å². The maximum absolute atomic E-state index is 4.95. The Hall–Kier alpha value is -2.07. The van der Waals surface area contributed by atoms with E-state index in [0.29, 0.717) is 11.8 Å². The van der Waals surface area contributed by atoms with Crippen molar-refractivity contribution in [3.05, 3.63) is 83.0 Å². The number of nitrogens with zero attached hydrogens (tertiary/aromatic N) is 2. The van der Waals surface area contributed by atoms with E-state index in [2.05, 4.69) is 101 Å². The smallest absolute Gasteiger partial charge is 1.00 e. The molecule has 0 aliphatic rings. The number of hydrogen-bond acceptors (Lipinski definition) is 1. The number of imidazole rings is 1. The van der Waals surface area contributed by atoms with Gasteiger partial charge >= 0.3 is 23.1 Å². The van der Waals surface area contributed by atoms with Crippen LogP contribution in [0.25, 0.3) is 38.6 Å². The molecule has 0 N–H and O–H groups in total. The molecule has 0 aliphatic heterocycles. The van der Waals surface area contributed by atoms with Gasteiger partial charge in [0.25, 0.3) is 0 Å². The normalized spacial score (nSPS) is 11.4.